The highest BCUT2D eigenvalue weighted by atomic mass is 32.2. The first-order valence-corrected chi connectivity index (χ1v) is 8.61. The Hall–Kier alpha value is -2.52. The van der Waals surface area contributed by atoms with E-state index in [4.69, 9.17) is 5.26 Å². The van der Waals surface area contributed by atoms with Crippen LogP contribution in [0.15, 0.2) is 28.0 Å². The zero-order valence-corrected chi connectivity index (χ0v) is 14.9. The SMILES string of the molecule is Cc1cc(C)c(C)c(SCc2cc(=O)n3[nH]cc(C#N)c3n2)c1C. The van der Waals surface area contributed by atoms with Gasteiger partial charge in [-0.05, 0) is 49.9 Å². The van der Waals surface area contributed by atoms with Crippen molar-refractivity contribution >= 4 is 17.4 Å². The minimum Gasteiger partial charge on any atom is -0.295 e. The number of aromatic nitrogens is 3. The highest BCUT2D eigenvalue weighted by molar-refractivity contribution is 7.98. The Balaban J connectivity index is 1.98. The smallest absolute Gasteiger partial charge is 0.272 e. The number of aryl methyl sites for hydroxylation is 2. The third kappa shape index (κ3) is 2.72. The highest BCUT2D eigenvalue weighted by Crippen LogP contribution is 2.32. The summed E-state index contributed by atoms with van der Waals surface area (Å²) < 4.78 is 1.29. The fourth-order valence-electron chi connectivity index (χ4n) is 2.73. The summed E-state index contributed by atoms with van der Waals surface area (Å²) in [5.74, 6) is 0.590. The maximum absolute atomic E-state index is 12.2. The first kappa shape index (κ1) is 16.3. The fourth-order valence-corrected chi connectivity index (χ4v) is 3.92. The number of aromatic amines is 1. The number of nitriles is 1. The second-order valence-corrected chi connectivity index (χ2v) is 6.91. The number of nitrogens with one attached hydrogen (secondary N) is 1. The first-order valence-electron chi connectivity index (χ1n) is 7.62. The van der Waals surface area contributed by atoms with Gasteiger partial charge in [-0.25, -0.2) is 9.50 Å². The van der Waals surface area contributed by atoms with E-state index in [-0.39, 0.29) is 5.56 Å². The lowest BCUT2D eigenvalue weighted by Crippen LogP contribution is -2.15. The average Bonchev–Trinajstić information content (AvgIpc) is 2.96. The molecule has 0 amide bonds. The molecule has 1 aromatic carbocycles. The standard InChI is InChI=1S/C18H18N4OS/c1-10-5-11(2)13(4)17(12(10)3)24-9-15-6-16(23)22-18(21-15)14(7-19)8-20-22/h5-6,8,20H,9H2,1-4H3. The lowest BCUT2D eigenvalue weighted by Gasteiger charge is -2.14. The maximum Gasteiger partial charge on any atom is 0.272 e. The molecule has 3 aromatic rings. The third-order valence-electron chi connectivity index (χ3n) is 4.33. The quantitative estimate of drug-likeness (QED) is 0.743. The summed E-state index contributed by atoms with van der Waals surface area (Å²) in [7, 11) is 0. The molecule has 0 radical (unpaired) electrons. The molecule has 2 aromatic heterocycles. The Labute approximate surface area is 144 Å². The number of hydrogen-bond donors (Lipinski definition) is 1. The van der Waals surface area contributed by atoms with Gasteiger partial charge in [0, 0.05) is 22.9 Å². The summed E-state index contributed by atoms with van der Waals surface area (Å²) in [6.45, 7) is 8.47. The van der Waals surface area contributed by atoms with Crippen molar-refractivity contribution in [2.75, 3.05) is 0 Å². The number of rotatable bonds is 3. The van der Waals surface area contributed by atoms with Gasteiger partial charge in [-0.1, -0.05) is 6.07 Å². The van der Waals surface area contributed by atoms with Crippen LogP contribution in [0.4, 0.5) is 0 Å². The number of nitrogens with zero attached hydrogens (tertiary/aromatic N) is 3. The van der Waals surface area contributed by atoms with Crippen molar-refractivity contribution in [2.45, 2.75) is 38.3 Å². The molecule has 24 heavy (non-hydrogen) atoms. The zero-order chi connectivity index (χ0) is 17.4. The van der Waals surface area contributed by atoms with E-state index in [9.17, 15) is 4.79 Å². The molecular weight excluding hydrogens is 320 g/mol. The molecule has 0 atom stereocenters. The van der Waals surface area contributed by atoms with Gasteiger partial charge in [0.1, 0.15) is 11.6 Å². The van der Waals surface area contributed by atoms with E-state index >= 15 is 0 Å². The van der Waals surface area contributed by atoms with Gasteiger partial charge in [0.05, 0.1) is 5.69 Å². The van der Waals surface area contributed by atoms with Crippen LogP contribution in [0.2, 0.25) is 0 Å². The maximum atomic E-state index is 12.2. The lowest BCUT2D eigenvalue weighted by molar-refractivity contribution is 0.888. The Morgan fingerprint density at radius 3 is 2.50 bits per heavy atom. The highest BCUT2D eigenvalue weighted by Gasteiger charge is 2.12. The van der Waals surface area contributed by atoms with Gasteiger partial charge in [0.2, 0.25) is 0 Å². The molecular formula is C18H18N4OS. The minimum atomic E-state index is -0.203. The van der Waals surface area contributed by atoms with Crippen molar-refractivity contribution in [3.63, 3.8) is 0 Å². The van der Waals surface area contributed by atoms with Gasteiger partial charge in [-0.15, -0.1) is 11.8 Å². The van der Waals surface area contributed by atoms with Gasteiger partial charge in [0.25, 0.3) is 5.56 Å². The minimum absolute atomic E-state index is 0.203. The number of fused-ring (bicyclic) bond motifs is 1. The van der Waals surface area contributed by atoms with Gasteiger partial charge in [-0.2, -0.15) is 5.26 Å². The molecule has 5 nitrogen and oxygen atoms in total. The Morgan fingerprint density at radius 2 is 1.88 bits per heavy atom. The largest absolute Gasteiger partial charge is 0.295 e. The molecule has 0 aliphatic heterocycles. The van der Waals surface area contributed by atoms with Crippen LogP contribution in [0.5, 0.6) is 0 Å². The van der Waals surface area contributed by atoms with Crippen LogP contribution in [0.1, 0.15) is 33.5 Å². The van der Waals surface area contributed by atoms with Crippen LogP contribution in [0.25, 0.3) is 5.65 Å². The number of hydrogen-bond acceptors (Lipinski definition) is 4. The van der Waals surface area contributed by atoms with Crippen LogP contribution in [-0.2, 0) is 5.75 Å². The van der Waals surface area contributed by atoms with Gasteiger partial charge < -0.3 is 0 Å². The van der Waals surface area contributed by atoms with Crippen LogP contribution in [0.3, 0.4) is 0 Å². The van der Waals surface area contributed by atoms with Crippen molar-refractivity contribution in [1.82, 2.24) is 14.6 Å². The number of H-pyrrole nitrogens is 1. The van der Waals surface area contributed by atoms with E-state index in [1.165, 1.54) is 43.9 Å². The molecule has 2 heterocycles. The molecule has 0 saturated heterocycles. The van der Waals surface area contributed by atoms with Gasteiger partial charge in [0.15, 0.2) is 5.65 Å². The van der Waals surface area contributed by atoms with Crippen molar-refractivity contribution in [1.29, 1.82) is 5.26 Å². The summed E-state index contributed by atoms with van der Waals surface area (Å²) in [5.41, 5.74) is 6.29. The molecule has 1 N–H and O–H groups in total. The summed E-state index contributed by atoms with van der Waals surface area (Å²) in [6.07, 6.45) is 1.50. The van der Waals surface area contributed by atoms with E-state index < -0.39 is 0 Å². The van der Waals surface area contributed by atoms with Crippen LogP contribution in [-0.4, -0.2) is 14.6 Å². The van der Waals surface area contributed by atoms with Gasteiger partial charge in [-0.3, -0.25) is 9.89 Å². The van der Waals surface area contributed by atoms with Crippen molar-refractivity contribution < 1.29 is 0 Å². The molecule has 6 heteroatoms. The second kappa shape index (κ2) is 6.17. The summed E-state index contributed by atoms with van der Waals surface area (Å²) >= 11 is 1.68. The molecule has 0 bridgehead atoms. The van der Waals surface area contributed by atoms with E-state index in [0.29, 0.717) is 22.7 Å². The number of thioether (sulfide) groups is 1. The Kier molecular flexibility index (Phi) is 4.20. The fraction of sp³-hybridized carbons (Fsp3) is 0.278. The van der Waals surface area contributed by atoms with E-state index in [1.54, 1.807) is 11.8 Å². The van der Waals surface area contributed by atoms with Crippen LogP contribution >= 0.6 is 11.8 Å². The molecule has 0 saturated carbocycles. The van der Waals surface area contributed by atoms with E-state index in [0.717, 1.165) is 0 Å². The van der Waals surface area contributed by atoms with E-state index in [1.807, 2.05) is 0 Å². The van der Waals surface area contributed by atoms with Crippen molar-refractivity contribution in [3.05, 3.63) is 62.2 Å². The number of benzene rings is 1. The summed E-state index contributed by atoms with van der Waals surface area (Å²) in [4.78, 5) is 17.9. The average molecular weight is 338 g/mol. The lowest BCUT2D eigenvalue weighted by atomic mass is 10.0. The molecule has 0 fully saturated rings. The molecule has 0 unspecified atom stereocenters. The third-order valence-corrected chi connectivity index (χ3v) is 5.67. The Morgan fingerprint density at radius 1 is 1.21 bits per heavy atom. The van der Waals surface area contributed by atoms with E-state index in [2.05, 4.69) is 49.9 Å². The van der Waals surface area contributed by atoms with Crippen molar-refractivity contribution in [3.8, 4) is 6.07 Å². The monoisotopic (exact) mass is 338 g/mol. The molecule has 0 aliphatic rings. The summed E-state index contributed by atoms with van der Waals surface area (Å²) in [5, 5.41) is 11.9. The zero-order valence-electron chi connectivity index (χ0n) is 14.1. The predicted octanol–water partition coefficient (Wildman–Crippen LogP) is 3.42. The predicted molar refractivity (Wildman–Crippen MR) is 95.5 cm³/mol. The molecule has 3 rings (SSSR count). The first-order chi connectivity index (χ1) is 11.4. The summed E-state index contributed by atoms with van der Waals surface area (Å²) in [6, 6.07) is 5.77. The Bertz CT molecular complexity index is 1010. The van der Waals surface area contributed by atoms with Crippen LogP contribution < -0.4 is 5.56 Å². The van der Waals surface area contributed by atoms with Crippen molar-refractivity contribution in [2.24, 2.45) is 0 Å². The van der Waals surface area contributed by atoms with Crippen LogP contribution in [0, 0.1) is 39.0 Å². The second-order valence-electron chi connectivity index (χ2n) is 5.92. The topological polar surface area (TPSA) is 73.9 Å². The molecule has 0 aliphatic carbocycles. The molecule has 122 valence electrons. The molecule has 0 spiro atoms. The van der Waals surface area contributed by atoms with Gasteiger partial charge >= 0.3 is 0 Å². The normalized spacial score (nSPS) is 11.0.